The van der Waals surface area contributed by atoms with Gasteiger partial charge in [-0.3, -0.25) is 4.79 Å². The van der Waals surface area contributed by atoms with Gasteiger partial charge in [-0.2, -0.15) is 0 Å². The first-order chi connectivity index (χ1) is 9.15. The molecule has 2 rings (SSSR count). The van der Waals surface area contributed by atoms with Crippen LogP contribution in [-0.4, -0.2) is 31.7 Å². The van der Waals surface area contributed by atoms with Crippen LogP contribution in [0.3, 0.4) is 0 Å². The Labute approximate surface area is 117 Å². The van der Waals surface area contributed by atoms with E-state index in [2.05, 4.69) is 13.8 Å². The van der Waals surface area contributed by atoms with E-state index in [0.717, 1.165) is 19.4 Å². The number of ketones is 1. The first kappa shape index (κ1) is 15.0. The fraction of sp³-hybridized carbons (Fsp3) is 0.938. The van der Waals surface area contributed by atoms with Crippen molar-refractivity contribution in [1.82, 2.24) is 0 Å². The van der Waals surface area contributed by atoms with Crippen LogP contribution in [0.15, 0.2) is 0 Å². The molecular weight excluding hydrogens is 240 g/mol. The number of carbonyl (C=O) groups excluding carboxylic acids is 1. The van der Waals surface area contributed by atoms with E-state index in [0.29, 0.717) is 31.3 Å². The summed E-state index contributed by atoms with van der Waals surface area (Å²) in [4.78, 5) is 12.0. The van der Waals surface area contributed by atoms with Gasteiger partial charge in [-0.15, -0.1) is 0 Å². The third-order valence-corrected chi connectivity index (χ3v) is 4.54. The Balaban J connectivity index is 1.73. The number of hydrogen-bond acceptors (Lipinski definition) is 3. The second-order valence-corrected chi connectivity index (χ2v) is 6.53. The molecule has 1 atom stereocenters. The third kappa shape index (κ3) is 3.57. The van der Waals surface area contributed by atoms with Gasteiger partial charge in [0.05, 0.1) is 24.7 Å². The number of carbonyl (C=O) groups is 1. The first-order valence-corrected chi connectivity index (χ1v) is 7.88. The molecule has 0 amide bonds. The number of rotatable bonds is 6. The maximum atomic E-state index is 12.0. The van der Waals surface area contributed by atoms with Crippen molar-refractivity contribution in [3.05, 3.63) is 0 Å². The lowest BCUT2D eigenvalue weighted by atomic mass is 9.60. The molecule has 3 heteroatoms. The SMILES string of the molecule is CC(C)COCCOC1CC(=O)C12CCCCCC2. The highest BCUT2D eigenvalue weighted by atomic mass is 16.5. The van der Waals surface area contributed by atoms with Gasteiger partial charge in [0.2, 0.25) is 0 Å². The summed E-state index contributed by atoms with van der Waals surface area (Å²) in [5, 5.41) is 0. The Bertz CT molecular complexity index is 290. The predicted octanol–water partition coefficient (Wildman–Crippen LogP) is 3.36. The van der Waals surface area contributed by atoms with E-state index in [1.165, 1.54) is 25.7 Å². The van der Waals surface area contributed by atoms with Crippen molar-refractivity contribution in [3.63, 3.8) is 0 Å². The standard InChI is InChI=1S/C16H28O3/c1-13(2)12-18-9-10-19-15-11-14(17)16(15)7-5-3-4-6-8-16/h13,15H,3-12H2,1-2H3. The van der Waals surface area contributed by atoms with E-state index in [1.54, 1.807) is 0 Å². The van der Waals surface area contributed by atoms with E-state index >= 15 is 0 Å². The van der Waals surface area contributed by atoms with Crippen molar-refractivity contribution in [2.75, 3.05) is 19.8 Å². The fourth-order valence-electron chi connectivity index (χ4n) is 3.36. The molecule has 0 bridgehead atoms. The normalized spacial score (nSPS) is 26.5. The zero-order valence-electron chi connectivity index (χ0n) is 12.5. The van der Waals surface area contributed by atoms with E-state index in [4.69, 9.17) is 9.47 Å². The molecule has 0 heterocycles. The zero-order valence-corrected chi connectivity index (χ0v) is 12.5. The van der Waals surface area contributed by atoms with Gasteiger partial charge in [0, 0.05) is 13.0 Å². The quantitative estimate of drug-likeness (QED) is 0.693. The van der Waals surface area contributed by atoms with Crippen molar-refractivity contribution in [3.8, 4) is 0 Å². The van der Waals surface area contributed by atoms with Gasteiger partial charge in [0.15, 0.2) is 0 Å². The Hall–Kier alpha value is -0.410. The maximum absolute atomic E-state index is 12.0. The van der Waals surface area contributed by atoms with E-state index in [9.17, 15) is 4.79 Å². The molecule has 2 aliphatic carbocycles. The van der Waals surface area contributed by atoms with Crippen LogP contribution in [0.4, 0.5) is 0 Å². The second kappa shape index (κ2) is 6.85. The molecule has 0 N–H and O–H groups in total. The first-order valence-electron chi connectivity index (χ1n) is 7.88. The lowest BCUT2D eigenvalue weighted by molar-refractivity contribution is -0.168. The van der Waals surface area contributed by atoms with E-state index in [1.807, 2.05) is 0 Å². The molecule has 0 aliphatic heterocycles. The lowest BCUT2D eigenvalue weighted by Crippen LogP contribution is -2.55. The second-order valence-electron chi connectivity index (χ2n) is 6.53. The number of hydrogen-bond donors (Lipinski definition) is 0. The van der Waals surface area contributed by atoms with Crippen LogP contribution in [-0.2, 0) is 14.3 Å². The molecule has 0 aromatic heterocycles. The molecule has 19 heavy (non-hydrogen) atoms. The minimum absolute atomic E-state index is 0.117. The molecule has 2 fully saturated rings. The Kier molecular flexibility index (Phi) is 5.40. The monoisotopic (exact) mass is 268 g/mol. The van der Waals surface area contributed by atoms with Crippen molar-refractivity contribution < 1.29 is 14.3 Å². The summed E-state index contributed by atoms with van der Waals surface area (Å²) < 4.78 is 11.5. The highest BCUT2D eigenvalue weighted by Gasteiger charge is 2.54. The fourth-order valence-corrected chi connectivity index (χ4v) is 3.36. The minimum Gasteiger partial charge on any atom is -0.379 e. The highest BCUT2D eigenvalue weighted by Crippen LogP contribution is 2.49. The lowest BCUT2D eigenvalue weighted by Gasteiger charge is -2.47. The van der Waals surface area contributed by atoms with E-state index in [-0.39, 0.29) is 11.5 Å². The molecule has 1 unspecified atom stereocenters. The number of Topliss-reactive ketones (excluding diaryl/α,β-unsaturated/α-hetero) is 1. The average Bonchev–Trinajstić information content (AvgIpc) is 2.64. The highest BCUT2D eigenvalue weighted by molar-refractivity contribution is 5.92. The Morgan fingerprint density at radius 3 is 2.42 bits per heavy atom. The van der Waals surface area contributed by atoms with Crippen molar-refractivity contribution in [2.24, 2.45) is 11.3 Å². The summed E-state index contributed by atoms with van der Waals surface area (Å²) in [5.41, 5.74) is -0.117. The molecule has 0 aromatic rings. The molecule has 0 saturated heterocycles. The van der Waals surface area contributed by atoms with Crippen LogP contribution >= 0.6 is 0 Å². The van der Waals surface area contributed by atoms with E-state index < -0.39 is 0 Å². The summed E-state index contributed by atoms with van der Waals surface area (Å²) in [7, 11) is 0. The van der Waals surface area contributed by atoms with Gasteiger partial charge in [0.1, 0.15) is 5.78 Å². The van der Waals surface area contributed by atoms with Crippen LogP contribution in [0.1, 0.15) is 58.8 Å². The summed E-state index contributed by atoms with van der Waals surface area (Å²) >= 11 is 0. The van der Waals surface area contributed by atoms with Crippen LogP contribution in [0.2, 0.25) is 0 Å². The summed E-state index contributed by atoms with van der Waals surface area (Å²) in [6, 6.07) is 0. The molecule has 0 aromatic carbocycles. The third-order valence-electron chi connectivity index (χ3n) is 4.54. The predicted molar refractivity (Wildman–Crippen MR) is 75.2 cm³/mol. The van der Waals surface area contributed by atoms with Crippen molar-refractivity contribution in [1.29, 1.82) is 0 Å². The van der Waals surface area contributed by atoms with Gasteiger partial charge < -0.3 is 9.47 Å². The van der Waals surface area contributed by atoms with Crippen molar-refractivity contribution >= 4 is 5.78 Å². The van der Waals surface area contributed by atoms with Gasteiger partial charge in [0.25, 0.3) is 0 Å². The minimum atomic E-state index is -0.117. The summed E-state index contributed by atoms with van der Waals surface area (Å²) in [5.74, 6) is 1.01. The molecular formula is C16H28O3. The average molecular weight is 268 g/mol. The maximum Gasteiger partial charge on any atom is 0.144 e. The molecule has 2 saturated carbocycles. The Morgan fingerprint density at radius 2 is 1.84 bits per heavy atom. The van der Waals surface area contributed by atoms with Crippen LogP contribution in [0.5, 0.6) is 0 Å². The summed E-state index contributed by atoms with van der Waals surface area (Å²) in [6.07, 6.45) is 7.82. The smallest absolute Gasteiger partial charge is 0.144 e. The van der Waals surface area contributed by atoms with Gasteiger partial charge in [-0.05, 0) is 18.8 Å². The largest absolute Gasteiger partial charge is 0.379 e. The summed E-state index contributed by atoms with van der Waals surface area (Å²) in [6.45, 7) is 6.36. The topological polar surface area (TPSA) is 35.5 Å². The van der Waals surface area contributed by atoms with Gasteiger partial charge >= 0.3 is 0 Å². The van der Waals surface area contributed by atoms with Crippen LogP contribution < -0.4 is 0 Å². The molecule has 2 aliphatic rings. The van der Waals surface area contributed by atoms with Gasteiger partial charge in [-0.1, -0.05) is 39.5 Å². The van der Waals surface area contributed by atoms with Crippen molar-refractivity contribution in [2.45, 2.75) is 64.9 Å². The Morgan fingerprint density at radius 1 is 1.16 bits per heavy atom. The van der Waals surface area contributed by atoms with Crippen LogP contribution in [0.25, 0.3) is 0 Å². The molecule has 110 valence electrons. The molecule has 1 spiro atoms. The molecule has 0 radical (unpaired) electrons. The zero-order chi connectivity index (χ0) is 13.7. The number of ether oxygens (including phenoxy) is 2. The van der Waals surface area contributed by atoms with Gasteiger partial charge in [-0.25, -0.2) is 0 Å². The van der Waals surface area contributed by atoms with Crippen LogP contribution in [0, 0.1) is 11.3 Å². The molecule has 3 nitrogen and oxygen atoms in total.